The minimum Gasteiger partial charge on any atom is -0.486 e. The van der Waals surface area contributed by atoms with Gasteiger partial charge in [-0.15, -0.1) is 0 Å². The Kier molecular flexibility index (Phi) is 6.48. The first kappa shape index (κ1) is 22.2. The van der Waals surface area contributed by atoms with Crippen molar-refractivity contribution in [3.8, 4) is 11.5 Å². The van der Waals surface area contributed by atoms with Crippen LogP contribution in [0.1, 0.15) is 5.82 Å². The van der Waals surface area contributed by atoms with E-state index in [4.69, 9.17) is 4.74 Å². The molecule has 1 N–H and O–H groups in total. The predicted molar refractivity (Wildman–Crippen MR) is 117 cm³/mol. The van der Waals surface area contributed by atoms with Crippen LogP contribution in [-0.2, 0) is 17.9 Å². The van der Waals surface area contributed by atoms with Gasteiger partial charge in [0.2, 0.25) is 5.91 Å². The number of alkyl halides is 3. The second kappa shape index (κ2) is 9.64. The number of rotatable bonds is 8. The number of aromatic nitrogens is 2. The molecule has 3 aromatic carbocycles. The van der Waals surface area contributed by atoms with Crippen LogP contribution in [0.4, 0.5) is 18.9 Å². The van der Waals surface area contributed by atoms with Crippen LogP contribution < -0.4 is 14.8 Å². The summed E-state index contributed by atoms with van der Waals surface area (Å²) in [5.74, 6) is 1.02. The average molecular weight is 455 g/mol. The molecule has 0 aliphatic heterocycles. The first-order valence-corrected chi connectivity index (χ1v) is 10.1. The van der Waals surface area contributed by atoms with Gasteiger partial charge in [0.15, 0.2) is 6.61 Å². The molecule has 0 spiro atoms. The molecule has 1 aromatic heterocycles. The molecule has 1 amide bonds. The van der Waals surface area contributed by atoms with Crippen molar-refractivity contribution < 1.29 is 27.4 Å². The Hall–Kier alpha value is -4.01. The molecule has 0 bridgehead atoms. The number of anilines is 1. The van der Waals surface area contributed by atoms with E-state index in [0.717, 1.165) is 11.0 Å². The lowest BCUT2D eigenvalue weighted by atomic mass is 10.3. The third kappa shape index (κ3) is 6.03. The van der Waals surface area contributed by atoms with Gasteiger partial charge in [0.1, 0.15) is 30.5 Å². The number of carbonyl (C=O) groups excluding carboxylic acids is 1. The van der Waals surface area contributed by atoms with Gasteiger partial charge in [-0.2, -0.15) is 13.2 Å². The second-order valence-corrected chi connectivity index (χ2v) is 7.18. The standard InChI is InChI=1S/C24H20F3N3O3/c25-24(26,27)16-33-19-12-10-17(11-13-19)28-23(31)14-30-21-9-5-4-8-20(21)29-22(30)15-32-18-6-2-1-3-7-18/h1-13H,14-16H2,(H,28,31). The van der Waals surface area contributed by atoms with Crippen LogP contribution >= 0.6 is 0 Å². The number of amides is 1. The number of fused-ring (bicyclic) bond motifs is 1. The molecule has 0 saturated carbocycles. The van der Waals surface area contributed by atoms with E-state index in [1.54, 1.807) is 4.57 Å². The van der Waals surface area contributed by atoms with Gasteiger partial charge in [-0.3, -0.25) is 4.79 Å². The molecule has 170 valence electrons. The Morgan fingerprint density at radius 3 is 2.27 bits per heavy atom. The summed E-state index contributed by atoms with van der Waals surface area (Å²) in [6.07, 6.45) is -4.41. The molecule has 0 radical (unpaired) electrons. The summed E-state index contributed by atoms with van der Waals surface area (Å²) in [7, 11) is 0. The van der Waals surface area contributed by atoms with Gasteiger partial charge in [0.05, 0.1) is 11.0 Å². The number of nitrogens with one attached hydrogen (secondary N) is 1. The quantitative estimate of drug-likeness (QED) is 0.397. The fraction of sp³-hybridized carbons (Fsp3) is 0.167. The molecule has 0 aliphatic carbocycles. The van der Waals surface area contributed by atoms with Crippen molar-refractivity contribution in [3.63, 3.8) is 0 Å². The van der Waals surface area contributed by atoms with Gasteiger partial charge in [-0.25, -0.2) is 4.98 Å². The number of ether oxygens (including phenoxy) is 2. The minimum absolute atomic E-state index is 0.0136. The van der Waals surface area contributed by atoms with Gasteiger partial charge in [0.25, 0.3) is 0 Å². The van der Waals surface area contributed by atoms with Gasteiger partial charge >= 0.3 is 6.18 Å². The van der Waals surface area contributed by atoms with Crippen molar-refractivity contribution in [3.05, 3.63) is 84.7 Å². The van der Waals surface area contributed by atoms with Gasteiger partial charge in [-0.05, 0) is 48.5 Å². The molecule has 0 unspecified atom stereocenters. The monoisotopic (exact) mass is 455 g/mol. The topological polar surface area (TPSA) is 65.4 Å². The third-order valence-corrected chi connectivity index (χ3v) is 4.69. The van der Waals surface area contributed by atoms with Crippen molar-refractivity contribution in [2.45, 2.75) is 19.3 Å². The number of hydrogen-bond donors (Lipinski definition) is 1. The molecular weight excluding hydrogens is 435 g/mol. The molecule has 4 rings (SSSR count). The number of para-hydroxylation sites is 3. The van der Waals surface area contributed by atoms with Crippen LogP contribution in [-0.4, -0.2) is 28.2 Å². The minimum atomic E-state index is -4.41. The summed E-state index contributed by atoms with van der Waals surface area (Å²) < 4.78 is 49.1. The molecule has 9 heteroatoms. The van der Waals surface area contributed by atoms with E-state index in [-0.39, 0.29) is 24.8 Å². The van der Waals surface area contributed by atoms with Crippen LogP contribution in [0.5, 0.6) is 11.5 Å². The Bertz CT molecular complexity index is 1220. The molecular formula is C24H20F3N3O3. The van der Waals surface area contributed by atoms with Crippen LogP contribution in [0.25, 0.3) is 11.0 Å². The summed E-state index contributed by atoms with van der Waals surface area (Å²) in [5, 5.41) is 2.74. The van der Waals surface area contributed by atoms with Crippen LogP contribution in [0.15, 0.2) is 78.9 Å². The maximum absolute atomic E-state index is 12.7. The number of hydrogen-bond acceptors (Lipinski definition) is 4. The lowest BCUT2D eigenvalue weighted by Crippen LogP contribution is -2.21. The predicted octanol–water partition coefficient (Wildman–Crippen LogP) is 5.20. The summed E-state index contributed by atoms with van der Waals surface area (Å²) in [5.41, 5.74) is 1.96. The van der Waals surface area contributed by atoms with Crippen LogP contribution in [0.2, 0.25) is 0 Å². The third-order valence-electron chi connectivity index (χ3n) is 4.69. The number of nitrogens with zero attached hydrogens (tertiary/aromatic N) is 2. The van der Waals surface area contributed by atoms with Crippen molar-refractivity contribution in [1.29, 1.82) is 0 Å². The zero-order valence-corrected chi connectivity index (χ0v) is 17.4. The lowest BCUT2D eigenvalue weighted by Gasteiger charge is -2.12. The highest BCUT2D eigenvalue weighted by molar-refractivity contribution is 5.91. The molecule has 33 heavy (non-hydrogen) atoms. The number of imidazole rings is 1. The molecule has 0 atom stereocenters. The normalized spacial score (nSPS) is 11.4. The summed E-state index contributed by atoms with van der Waals surface area (Å²) in [4.78, 5) is 17.3. The first-order chi connectivity index (χ1) is 15.9. The molecule has 0 aliphatic rings. The second-order valence-electron chi connectivity index (χ2n) is 7.18. The van der Waals surface area contributed by atoms with Crippen molar-refractivity contribution in [1.82, 2.24) is 9.55 Å². The van der Waals surface area contributed by atoms with E-state index in [2.05, 4.69) is 15.0 Å². The highest BCUT2D eigenvalue weighted by atomic mass is 19.4. The van der Waals surface area contributed by atoms with E-state index < -0.39 is 12.8 Å². The van der Waals surface area contributed by atoms with E-state index >= 15 is 0 Å². The SMILES string of the molecule is O=C(Cn1c(COc2ccccc2)nc2ccccc21)Nc1ccc(OCC(F)(F)F)cc1. The van der Waals surface area contributed by atoms with Gasteiger partial charge < -0.3 is 19.4 Å². The van der Waals surface area contributed by atoms with E-state index in [1.165, 1.54) is 24.3 Å². The first-order valence-electron chi connectivity index (χ1n) is 10.1. The number of carbonyl (C=O) groups is 1. The van der Waals surface area contributed by atoms with E-state index in [0.29, 0.717) is 17.3 Å². The van der Waals surface area contributed by atoms with Gasteiger partial charge in [0, 0.05) is 5.69 Å². The van der Waals surface area contributed by atoms with Crippen LogP contribution in [0, 0.1) is 0 Å². The molecule has 6 nitrogen and oxygen atoms in total. The summed E-state index contributed by atoms with van der Waals surface area (Å²) in [6.45, 7) is -1.21. The highest BCUT2D eigenvalue weighted by Crippen LogP contribution is 2.21. The van der Waals surface area contributed by atoms with Crippen molar-refractivity contribution >= 4 is 22.6 Å². The van der Waals surface area contributed by atoms with Crippen molar-refractivity contribution in [2.24, 2.45) is 0 Å². The fourth-order valence-corrected chi connectivity index (χ4v) is 3.22. The van der Waals surface area contributed by atoms with Gasteiger partial charge in [-0.1, -0.05) is 30.3 Å². The van der Waals surface area contributed by atoms with Crippen LogP contribution in [0.3, 0.4) is 0 Å². The van der Waals surface area contributed by atoms with E-state index in [9.17, 15) is 18.0 Å². The summed E-state index contributed by atoms with van der Waals surface area (Å²) in [6, 6.07) is 22.4. The maximum Gasteiger partial charge on any atom is 0.422 e. The zero-order chi connectivity index (χ0) is 23.3. The van der Waals surface area contributed by atoms with E-state index in [1.807, 2.05) is 54.6 Å². The Labute approximate surface area is 187 Å². The molecule has 0 fully saturated rings. The lowest BCUT2D eigenvalue weighted by molar-refractivity contribution is -0.153. The zero-order valence-electron chi connectivity index (χ0n) is 17.4. The Balaban J connectivity index is 1.44. The summed E-state index contributed by atoms with van der Waals surface area (Å²) >= 11 is 0. The molecule has 4 aromatic rings. The van der Waals surface area contributed by atoms with Crippen molar-refractivity contribution in [2.75, 3.05) is 11.9 Å². The molecule has 1 heterocycles. The number of halogens is 3. The largest absolute Gasteiger partial charge is 0.486 e. The smallest absolute Gasteiger partial charge is 0.422 e. The number of benzene rings is 3. The fourth-order valence-electron chi connectivity index (χ4n) is 3.22. The Morgan fingerprint density at radius 1 is 0.879 bits per heavy atom. The maximum atomic E-state index is 12.7. The molecule has 0 saturated heterocycles. The average Bonchev–Trinajstić information content (AvgIpc) is 3.14. The Morgan fingerprint density at radius 2 is 1.55 bits per heavy atom. The highest BCUT2D eigenvalue weighted by Gasteiger charge is 2.28.